The van der Waals surface area contributed by atoms with Crippen LogP contribution >= 0.6 is 0 Å². The number of ether oxygens (including phenoxy) is 1. The zero-order valence-corrected chi connectivity index (χ0v) is 15.1. The van der Waals surface area contributed by atoms with Gasteiger partial charge in [0, 0.05) is 17.5 Å². The molecule has 3 aromatic rings. The molecule has 0 saturated carbocycles. The van der Waals surface area contributed by atoms with Crippen LogP contribution < -0.4 is 15.7 Å². The molecule has 1 amide bonds. The van der Waals surface area contributed by atoms with Crippen LogP contribution in [0.1, 0.15) is 25.5 Å². The first kappa shape index (κ1) is 18.6. The van der Waals surface area contributed by atoms with Gasteiger partial charge in [0.2, 0.25) is 0 Å². The van der Waals surface area contributed by atoms with E-state index in [9.17, 15) is 14.0 Å². The van der Waals surface area contributed by atoms with E-state index in [1.165, 1.54) is 18.2 Å². The Labute approximate surface area is 155 Å². The van der Waals surface area contributed by atoms with Crippen LogP contribution in [0.15, 0.2) is 63.8 Å². The first-order chi connectivity index (χ1) is 12.9. The third-order valence-electron chi connectivity index (χ3n) is 4.18. The number of benzene rings is 2. The molecule has 0 bridgehead atoms. The zero-order valence-electron chi connectivity index (χ0n) is 15.1. The van der Waals surface area contributed by atoms with Crippen LogP contribution in [0.2, 0.25) is 0 Å². The Balaban J connectivity index is 1.65. The van der Waals surface area contributed by atoms with E-state index in [1.807, 2.05) is 13.8 Å². The van der Waals surface area contributed by atoms with Gasteiger partial charge < -0.3 is 14.5 Å². The highest BCUT2D eigenvalue weighted by Crippen LogP contribution is 2.22. The highest BCUT2D eigenvalue weighted by atomic mass is 19.1. The van der Waals surface area contributed by atoms with Crippen molar-refractivity contribution in [1.29, 1.82) is 0 Å². The van der Waals surface area contributed by atoms with E-state index in [1.54, 1.807) is 36.4 Å². The average molecular weight is 369 g/mol. The molecular formula is C21H20FNO4. The first-order valence-corrected chi connectivity index (χ1v) is 8.64. The lowest BCUT2D eigenvalue weighted by Crippen LogP contribution is -2.35. The lowest BCUT2D eigenvalue weighted by Gasteiger charge is -2.23. The summed E-state index contributed by atoms with van der Waals surface area (Å²) in [6.45, 7) is 3.76. The van der Waals surface area contributed by atoms with Gasteiger partial charge in [-0.1, -0.05) is 26.0 Å². The fourth-order valence-corrected chi connectivity index (χ4v) is 2.80. The van der Waals surface area contributed by atoms with Gasteiger partial charge in [-0.25, -0.2) is 9.18 Å². The number of amides is 1. The maximum absolute atomic E-state index is 13.1. The minimum absolute atomic E-state index is 0.120. The number of carbonyl (C=O) groups is 1. The third kappa shape index (κ3) is 4.73. The van der Waals surface area contributed by atoms with Gasteiger partial charge >= 0.3 is 5.63 Å². The SMILES string of the molecule is CC(C)[C@@H](NC(=O)COc1ccc2ccc(=O)oc2c1)c1ccc(F)cc1. The monoisotopic (exact) mass is 369 g/mol. The van der Waals surface area contributed by atoms with Gasteiger partial charge in [-0.2, -0.15) is 0 Å². The fourth-order valence-electron chi connectivity index (χ4n) is 2.80. The normalized spacial score (nSPS) is 12.1. The van der Waals surface area contributed by atoms with Gasteiger partial charge in [-0.3, -0.25) is 4.79 Å². The lowest BCUT2D eigenvalue weighted by atomic mass is 9.96. The molecule has 2 aromatic carbocycles. The Morgan fingerprint density at radius 1 is 1.11 bits per heavy atom. The predicted molar refractivity (Wildman–Crippen MR) is 100 cm³/mol. The Morgan fingerprint density at radius 3 is 2.52 bits per heavy atom. The minimum Gasteiger partial charge on any atom is -0.484 e. The summed E-state index contributed by atoms with van der Waals surface area (Å²) in [6.07, 6.45) is 0. The fraction of sp³-hybridized carbons (Fsp3) is 0.238. The van der Waals surface area contributed by atoms with Gasteiger partial charge in [-0.05, 0) is 41.8 Å². The molecule has 140 valence electrons. The summed E-state index contributed by atoms with van der Waals surface area (Å²) in [5.41, 5.74) is 0.774. The summed E-state index contributed by atoms with van der Waals surface area (Å²) < 4.78 is 23.7. The molecule has 1 atom stereocenters. The van der Waals surface area contributed by atoms with E-state index >= 15 is 0 Å². The van der Waals surface area contributed by atoms with E-state index in [0.717, 1.165) is 10.9 Å². The summed E-state index contributed by atoms with van der Waals surface area (Å²) in [5.74, 6) is -0.0734. The maximum atomic E-state index is 13.1. The molecule has 0 aliphatic rings. The van der Waals surface area contributed by atoms with Crippen molar-refractivity contribution in [3.63, 3.8) is 0 Å². The number of rotatable bonds is 6. The number of hydrogen-bond acceptors (Lipinski definition) is 4. The Morgan fingerprint density at radius 2 is 1.81 bits per heavy atom. The highest BCUT2D eigenvalue weighted by Gasteiger charge is 2.18. The third-order valence-corrected chi connectivity index (χ3v) is 4.18. The summed E-state index contributed by atoms with van der Waals surface area (Å²) in [5, 5.41) is 3.68. The molecule has 1 aromatic heterocycles. The van der Waals surface area contributed by atoms with Crippen LogP contribution in [0.4, 0.5) is 4.39 Å². The highest BCUT2D eigenvalue weighted by molar-refractivity contribution is 5.79. The molecule has 0 saturated heterocycles. The van der Waals surface area contributed by atoms with Crippen molar-refractivity contribution in [2.75, 3.05) is 6.61 Å². The minimum atomic E-state index is -0.448. The van der Waals surface area contributed by atoms with Crippen molar-refractivity contribution in [2.24, 2.45) is 5.92 Å². The second kappa shape index (κ2) is 8.03. The van der Waals surface area contributed by atoms with Crippen molar-refractivity contribution in [3.8, 4) is 5.75 Å². The van der Waals surface area contributed by atoms with E-state index in [2.05, 4.69) is 5.32 Å². The second-order valence-corrected chi connectivity index (χ2v) is 6.58. The van der Waals surface area contributed by atoms with Gasteiger partial charge in [0.15, 0.2) is 6.61 Å². The van der Waals surface area contributed by atoms with Gasteiger partial charge in [0.25, 0.3) is 5.91 Å². The van der Waals surface area contributed by atoms with Crippen molar-refractivity contribution >= 4 is 16.9 Å². The van der Waals surface area contributed by atoms with Gasteiger partial charge in [-0.15, -0.1) is 0 Å². The van der Waals surface area contributed by atoms with E-state index in [0.29, 0.717) is 11.3 Å². The first-order valence-electron chi connectivity index (χ1n) is 8.64. The van der Waals surface area contributed by atoms with E-state index in [4.69, 9.17) is 9.15 Å². The molecule has 0 aliphatic heterocycles. The topological polar surface area (TPSA) is 68.5 Å². The van der Waals surface area contributed by atoms with Crippen LogP contribution in [0, 0.1) is 11.7 Å². The van der Waals surface area contributed by atoms with Crippen LogP contribution in [0.25, 0.3) is 11.0 Å². The van der Waals surface area contributed by atoms with Crippen molar-refractivity contribution in [1.82, 2.24) is 5.32 Å². The molecule has 27 heavy (non-hydrogen) atoms. The molecule has 1 heterocycles. The Hall–Kier alpha value is -3.15. The molecule has 0 unspecified atom stereocenters. The largest absolute Gasteiger partial charge is 0.484 e. The van der Waals surface area contributed by atoms with Crippen molar-refractivity contribution in [2.45, 2.75) is 19.9 Å². The van der Waals surface area contributed by atoms with Crippen molar-refractivity contribution < 1.29 is 18.3 Å². The zero-order chi connectivity index (χ0) is 19.4. The molecule has 3 rings (SSSR count). The summed E-state index contributed by atoms with van der Waals surface area (Å²) in [6, 6.07) is 13.8. The molecule has 0 radical (unpaired) electrons. The molecule has 0 aliphatic carbocycles. The van der Waals surface area contributed by atoms with Crippen LogP contribution in [-0.4, -0.2) is 12.5 Å². The Kier molecular flexibility index (Phi) is 5.54. The number of hydrogen-bond donors (Lipinski definition) is 1. The van der Waals surface area contributed by atoms with Crippen LogP contribution in [0.5, 0.6) is 5.75 Å². The summed E-state index contributed by atoms with van der Waals surface area (Å²) in [4.78, 5) is 23.6. The number of fused-ring (bicyclic) bond motifs is 1. The molecular weight excluding hydrogens is 349 g/mol. The molecule has 6 heteroatoms. The number of nitrogens with one attached hydrogen (secondary N) is 1. The second-order valence-electron chi connectivity index (χ2n) is 6.58. The quantitative estimate of drug-likeness (QED) is 0.671. The van der Waals surface area contributed by atoms with Gasteiger partial charge in [0.05, 0.1) is 6.04 Å². The summed E-state index contributed by atoms with van der Waals surface area (Å²) >= 11 is 0. The maximum Gasteiger partial charge on any atom is 0.336 e. The van der Waals surface area contributed by atoms with E-state index in [-0.39, 0.29) is 30.3 Å². The molecule has 0 fully saturated rings. The molecule has 5 nitrogen and oxygen atoms in total. The van der Waals surface area contributed by atoms with E-state index < -0.39 is 5.63 Å². The van der Waals surface area contributed by atoms with Crippen molar-refractivity contribution in [3.05, 3.63) is 76.4 Å². The van der Waals surface area contributed by atoms with Crippen LogP contribution in [0.3, 0.4) is 0 Å². The standard InChI is InChI=1S/C21H20FNO4/c1-13(2)21(15-3-7-16(22)8-4-15)23-19(24)12-26-17-9-5-14-6-10-20(25)27-18(14)11-17/h3-11,13,21H,12H2,1-2H3,(H,23,24)/t21-/m1/s1. The summed E-state index contributed by atoms with van der Waals surface area (Å²) in [7, 11) is 0. The smallest absolute Gasteiger partial charge is 0.336 e. The number of halogens is 1. The lowest BCUT2D eigenvalue weighted by molar-refractivity contribution is -0.124. The molecule has 1 N–H and O–H groups in total. The average Bonchev–Trinajstić information content (AvgIpc) is 2.64. The number of carbonyl (C=O) groups excluding carboxylic acids is 1. The van der Waals surface area contributed by atoms with Gasteiger partial charge in [0.1, 0.15) is 17.1 Å². The predicted octanol–water partition coefficient (Wildman–Crippen LogP) is 3.82. The Bertz CT molecular complexity index is 995. The molecule has 0 spiro atoms. The van der Waals surface area contributed by atoms with Crippen LogP contribution in [-0.2, 0) is 4.79 Å².